The number of amides is 1. The van der Waals surface area contributed by atoms with E-state index in [0.717, 1.165) is 36.8 Å². The van der Waals surface area contributed by atoms with Gasteiger partial charge in [0.15, 0.2) is 5.82 Å². The van der Waals surface area contributed by atoms with Crippen LogP contribution >= 0.6 is 0 Å². The maximum atomic E-state index is 14.6. The van der Waals surface area contributed by atoms with E-state index in [1.165, 1.54) is 31.5 Å². The van der Waals surface area contributed by atoms with Gasteiger partial charge in [-0.15, -0.1) is 0 Å². The lowest BCUT2D eigenvalue weighted by atomic mass is 9.80. The van der Waals surface area contributed by atoms with Gasteiger partial charge in [-0.25, -0.2) is 14.4 Å². The molecule has 1 amide bonds. The third kappa shape index (κ3) is 5.22. The van der Waals surface area contributed by atoms with Gasteiger partial charge in [0, 0.05) is 30.5 Å². The smallest absolute Gasteiger partial charge is 0.274 e. The number of methoxy groups -OCH3 is 1. The summed E-state index contributed by atoms with van der Waals surface area (Å²) in [7, 11) is 3.23. The van der Waals surface area contributed by atoms with Crippen LogP contribution in [0.15, 0.2) is 54.9 Å². The SMILES string of the molecule is COc1cccc(F)c1-c1nccc(C(=O)Nc2ccc(-c3c(C#N)cnn3C)cc2C2CCC(N)CC2)n1. The molecule has 1 fully saturated rings. The average molecular weight is 526 g/mol. The standard InChI is InChI=1S/C29H28FN7O2/c1-37-27(19(15-31)16-34-37)18-8-11-23(21(14-18)17-6-9-20(32)10-7-17)36-29(38)24-12-13-33-28(35-24)26-22(30)4-3-5-25(26)39-2/h3-5,8,11-14,16-17,20H,6-7,9-10,32H2,1-2H3,(H,36,38). The summed E-state index contributed by atoms with van der Waals surface area (Å²) in [6.07, 6.45) is 6.50. The Morgan fingerprint density at radius 1 is 1.21 bits per heavy atom. The number of nitrogens with two attached hydrogens (primary N) is 1. The van der Waals surface area contributed by atoms with E-state index in [1.54, 1.807) is 24.0 Å². The molecular formula is C29H28FN7O2. The Balaban J connectivity index is 1.50. The van der Waals surface area contributed by atoms with E-state index in [0.29, 0.717) is 16.9 Å². The summed E-state index contributed by atoms with van der Waals surface area (Å²) < 4.78 is 21.6. The number of carbonyl (C=O) groups excluding carboxylic acids is 1. The van der Waals surface area contributed by atoms with Crippen LogP contribution in [0, 0.1) is 17.1 Å². The maximum Gasteiger partial charge on any atom is 0.274 e. The molecule has 0 atom stereocenters. The largest absolute Gasteiger partial charge is 0.496 e. The number of nitrogens with zero attached hydrogens (tertiary/aromatic N) is 5. The normalized spacial score (nSPS) is 16.9. The summed E-state index contributed by atoms with van der Waals surface area (Å²) in [4.78, 5) is 21.9. The highest BCUT2D eigenvalue weighted by Crippen LogP contribution is 2.39. The molecule has 9 nitrogen and oxygen atoms in total. The second-order valence-corrected chi connectivity index (χ2v) is 9.59. The Morgan fingerprint density at radius 2 is 2.00 bits per heavy atom. The Morgan fingerprint density at radius 3 is 2.74 bits per heavy atom. The Labute approximate surface area is 225 Å². The number of aryl methyl sites for hydroxylation is 1. The van der Waals surface area contributed by atoms with Crippen molar-refractivity contribution < 1.29 is 13.9 Å². The first-order valence-electron chi connectivity index (χ1n) is 12.7. The molecular weight excluding hydrogens is 497 g/mol. The third-order valence-electron chi connectivity index (χ3n) is 7.15. The van der Waals surface area contributed by atoms with Gasteiger partial charge in [0.05, 0.1) is 30.1 Å². The molecule has 2 aromatic heterocycles. The number of anilines is 1. The fourth-order valence-electron chi connectivity index (χ4n) is 5.14. The Bertz CT molecular complexity index is 1570. The number of hydrogen-bond acceptors (Lipinski definition) is 7. The first-order valence-corrected chi connectivity index (χ1v) is 12.7. The van der Waals surface area contributed by atoms with Gasteiger partial charge in [0.2, 0.25) is 0 Å². The molecule has 1 aliphatic rings. The number of hydrogen-bond donors (Lipinski definition) is 2. The van der Waals surface area contributed by atoms with Crippen molar-refractivity contribution in [3.63, 3.8) is 0 Å². The molecule has 0 saturated heterocycles. The van der Waals surface area contributed by atoms with E-state index in [1.807, 2.05) is 18.2 Å². The van der Waals surface area contributed by atoms with Gasteiger partial charge >= 0.3 is 0 Å². The van der Waals surface area contributed by atoms with Crippen molar-refractivity contribution in [1.29, 1.82) is 5.26 Å². The second kappa shape index (κ2) is 11.0. The summed E-state index contributed by atoms with van der Waals surface area (Å²) in [5.41, 5.74) is 9.97. The molecule has 1 aliphatic carbocycles. The van der Waals surface area contributed by atoms with E-state index in [2.05, 4.69) is 26.5 Å². The Hall–Kier alpha value is -4.62. The third-order valence-corrected chi connectivity index (χ3v) is 7.15. The van der Waals surface area contributed by atoms with Gasteiger partial charge in [-0.2, -0.15) is 10.4 Å². The molecule has 0 spiro atoms. The maximum absolute atomic E-state index is 14.6. The van der Waals surface area contributed by atoms with Crippen LogP contribution in [0.2, 0.25) is 0 Å². The lowest BCUT2D eigenvalue weighted by Crippen LogP contribution is -2.26. The predicted octanol–water partition coefficient (Wildman–Crippen LogP) is 4.80. The van der Waals surface area contributed by atoms with Crippen LogP contribution in [0.4, 0.5) is 10.1 Å². The van der Waals surface area contributed by atoms with Crippen LogP contribution in [0.5, 0.6) is 5.75 Å². The summed E-state index contributed by atoms with van der Waals surface area (Å²) in [5, 5.41) is 16.8. The van der Waals surface area contributed by atoms with E-state index in [-0.39, 0.29) is 34.8 Å². The predicted molar refractivity (Wildman–Crippen MR) is 144 cm³/mol. The Kier molecular flexibility index (Phi) is 7.34. The summed E-state index contributed by atoms with van der Waals surface area (Å²) in [6, 6.07) is 14.0. The van der Waals surface area contributed by atoms with Crippen molar-refractivity contribution in [3.8, 4) is 34.5 Å². The van der Waals surface area contributed by atoms with Crippen molar-refractivity contribution in [2.75, 3.05) is 12.4 Å². The number of nitrogens with one attached hydrogen (secondary N) is 1. The van der Waals surface area contributed by atoms with Gasteiger partial charge in [-0.1, -0.05) is 12.1 Å². The topological polar surface area (TPSA) is 132 Å². The average Bonchev–Trinajstić information content (AvgIpc) is 3.33. The molecule has 0 aliphatic heterocycles. The lowest BCUT2D eigenvalue weighted by molar-refractivity contribution is 0.102. The summed E-state index contributed by atoms with van der Waals surface area (Å²) >= 11 is 0. The van der Waals surface area contributed by atoms with Crippen LogP contribution in [0.1, 0.15) is 53.2 Å². The van der Waals surface area contributed by atoms with E-state index in [4.69, 9.17) is 10.5 Å². The van der Waals surface area contributed by atoms with Crippen molar-refractivity contribution in [3.05, 3.63) is 77.5 Å². The molecule has 10 heteroatoms. The number of benzene rings is 2. The van der Waals surface area contributed by atoms with Gasteiger partial charge in [-0.05, 0) is 67.5 Å². The zero-order valence-corrected chi connectivity index (χ0v) is 21.7. The van der Waals surface area contributed by atoms with Gasteiger partial charge in [0.25, 0.3) is 5.91 Å². The minimum Gasteiger partial charge on any atom is -0.496 e. The first-order chi connectivity index (χ1) is 18.9. The van der Waals surface area contributed by atoms with Crippen LogP contribution < -0.4 is 15.8 Å². The van der Waals surface area contributed by atoms with Crippen LogP contribution in [0.25, 0.3) is 22.6 Å². The highest BCUT2D eigenvalue weighted by atomic mass is 19.1. The molecule has 0 radical (unpaired) electrons. The molecule has 0 unspecified atom stereocenters. The minimum absolute atomic E-state index is 0.0506. The molecule has 2 heterocycles. The van der Waals surface area contributed by atoms with E-state index >= 15 is 0 Å². The van der Waals surface area contributed by atoms with Crippen molar-refractivity contribution in [2.24, 2.45) is 12.8 Å². The first kappa shape index (κ1) is 26.0. The second-order valence-electron chi connectivity index (χ2n) is 9.59. The van der Waals surface area contributed by atoms with E-state index < -0.39 is 11.7 Å². The summed E-state index contributed by atoms with van der Waals surface area (Å²) in [6.45, 7) is 0. The fourth-order valence-corrected chi connectivity index (χ4v) is 5.14. The van der Waals surface area contributed by atoms with Gasteiger partial charge < -0.3 is 15.8 Å². The molecule has 0 bridgehead atoms. The van der Waals surface area contributed by atoms with Crippen LogP contribution in [-0.2, 0) is 7.05 Å². The number of carbonyl (C=O) groups is 1. The number of halogens is 1. The monoisotopic (exact) mass is 525 g/mol. The van der Waals surface area contributed by atoms with E-state index in [9.17, 15) is 14.4 Å². The van der Waals surface area contributed by atoms with Crippen LogP contribution in [0.3, 0.4) is 0 Å². The number of rotatable bonds is 6. The van der Waals surface area contributed by atoms with Crippen molar-refractivity contribution >= 4 is 11.6 Å². The lowest BCUT2D eigenvalue weighted by Gasteiger charge is -2.28. The molecule has 198 valence electrons. The molecule has 3 N–H and O–H groups in total. The molecule has 39 heavy (non-hydrogen) atoms. The molecule has 1 saturated carbocycles. The quantitative estimate of drug-likeness (QED) is 0.370. The fraction of sp³-hybridized carbons (Fsp3) is 0.276. The van der Waals surface area contributed by atoms with Gasteiger partial charge in [-0.3, -0.25) is 9.48 Å². The van der Waals surface area contributed by atoms with Crippen molar-refractivity contribution in [1.82, 2.24) is 19.7 Å². The zero-order valence-electron chi connectivity index (χ0n) is 21.7. The molecule has 2 aromatic carbocycles. The highest BCUT2D eigenvalue weighted by molar-refractivity contribution is 6.03. The number of nitriles is 1. The minimum atomic E-state index is -0.549. The van der Waals surface area contributed by atoms with Gasteiger partial charge in [0.1, 0.15) is 23.3 Å². The van der Waals surface area contributed by atoms with Crippen LogP contribution in [-0.4, -0.2) is 38.8 Å². The zero-order chi connectivity index (χ0) is 27.5. The highest BCUT2D eigenvalue weighted by Gasteiger charge is 2.25. The van der Waals surface area contributed by atoms with Crippen molar-refractivity contribution in [2.45, 2.75) is 37.6 Å². The molecule has 5 rings (SSSR count). The number of ether oxygens (including phenoxy) is 1. The number of aromatic nitrogens is 4. The summed E-state index contributed by atoms with van der Waals surface area (Å²) in [5.74, 6) is -0.495. The molecule has 4 aromatic rings.